The van der Waals surface area contributed by atoms with Crippen LogP contribution in [0, 0.1) is 11.7 Å². The van der Waals surface area contributed by atoms with Crippen LogP contribution in [0.3, 0.4) is 0 Å². The van der Waals surface area contributed by atoms with Crippen LogP contribution in [0.15, 0.2) is 120 Å². The number of nitrogens with zero attached hydrogens (tertiary/aromatic N) is 10. The van der Waals surface area contributed by atoms with Crippen molar-refractivity contribution in [2.24, 2.45) is 10.9 Å². The summed E-state index contributed by atoms with van der Waals surface area (Å²) in [6.07, 6.45) is 4.41. The molecule has 3 saturated heterocycles. The van der Waals surface area contributed by atoms with Crippen LogP contribution in [-0.2, 0) is 22.6 Å². The highest BCUT2D eigenvalue weighted by atomic mass is 19.4. The molecule has 3 N–H and O–H groups in total. The van der Waals surface area contributed by atoms with Gasteiger partial charge >= 0.3 is 6.36 Å². The Morgan fingerprint density at radius 1 is 0.823 bits per heavy atom. The van der Waals surface area contributed by atoms with Crippen molar-refractivity contribution in [3.05, 3.63) is 155 Å². The molecule has 6 heterocycles. The van der Waals surface area contributed by atoms with E-state index >= 15 is 4.39 Å². The van der Waals surface area contributed by atoms with Crippen LogP contribution in [0.1, 0.15) is 57.6 Å². The summed E-state index contributed by atoms with van der Waals surface area (Å²) in [4.78, 5) is 92.2. The number of aromatic nitrogens is 5. The van der Waals surface area contributed by atoms with Gasteiger partial charge in [-0.15, -0.1) is 13.2 Å². The fraction of sp³-hybridized carbons (Fsp3) is 0.357. The molecule has 0 spiro atoms. The van der Waals surface area contributed by atoms with Crippen LogP contribution in [0.25, 0.3) is 21.9 Å². The highest BCUT2D eigenvalue weighted by molar-refractivity contribution is 6.03. The Bertz CT molecular complexity index is 3190. The first-order valence-corrected chi connectivity index (χ1v) is 25.9. The van der Waals surface area contributed by atoms with Gasteiger partial charge in [-0.05, 0) is 79.3 Å². The molecular formula is C56H61F4N13O6. The number of likely N-dealkylation sites (tertiary alicyclic amines) is 1. The molecular weight excluding hydrogens is 1030 g/mol. The number of benzene rings is 3. The SMILES string of the molecule is C=CN=CC.O=C(CNCc1ccncn1)Nc1cc(-c2cccc(OC(F)(F)F)c2)cnc1C(=O)N1CCC(CN2CCN(CC(=O)N3CCN(C(=O)c4cc(Cc5n[nH]c(=O)c6ccccc56)ccc4F)CC3)CC2)CC1. The Morgan fingerprint density at radius 2 is 1.54 bits per heavy atom. The van der Waals surface area contributed by atoms with Gasteiger partial charge in [0.05, 0.1) is 41.1 Å². The molecule has 6 aromatic rings. The fourth-order valence-electron chi connectivity index (χ4n) is 9.72. The minimum absolute atomic E-state index is 0.00451. The normalized spacial score (nSPS) is 15.6. The molecule has 0 radical (unpaired) electrons. The predicted octanol–water partition coefficient (Wildman–Crippen LogP) is 5.81. The van der Waals surface area contributed by atoms with Crippen LogP contribution >= 0.6 is 0 Å². The maximum Gasteiger partial charge on any atom is 0.573 e. The first-order chi connectivity index (χ1) is 38.1. The first kappa shape index (κ1) is 56.9. The zero-order chi connectivity index (χ0) is 55.9. The molecule has 9 rings (SSSR count). The Morgan fingerprint density at radius 3 is 2.24 bits per heavy atom. The van der Waals surface area contributed by atoms with Crippen molar-refractivity contribution in [1.82, 2.24) is 55.0 Å². The third-order valence-corrected chi connectivity index (χ3v) is 13.8. The average Bonchev–Trinajstić information content (AvgIpc) is 3.48. The lowest BCUT2D eigenvalue weighted by molar-refractivity contribution is -0.274. The van der Waals surface area contributed by atoms with E-state index in [2.05, 4.69) is 61.9 Å². The summed E-state index contributed by atoms with van der Waals surface area (Å²) in [5.74, 6) is -2.08. The van der Waals surface area contributed by atoms with Crippen LogP contribution in [0.2, 0.25) is 0 Å². The quantitative estimate of drug-likeness (QED) is 0.0773. The number of rotatable bonds is 16. The highest BCUT2D eigenvalue weighted by Crippen LogP contribution is 2.31. The molecule has 3 aliphatic heterocycles. The second-order valence-electron chi connectivity index (χ2n) is 19.2. The van der Waals surface area contributed by atoms with E-state index < -0.39 is 29.7 Å². The second-order valence-corrected chi connectivity index (χ2v) is 19.2. The van der Waals surface area contributed by atoms with Gasteiger partial charge in [0.2, 0.25) is 11.8 Å². The van der Waals surface area contributed by atoms with Gasteiger partial charge in [0.25, 0.3) is 17.4 Å². The van der Waals surface area contributed by atoms with E-state index in [9.17, 15) is 37.1 Å². The molecule has 0 unspecified atom stereocenters. The third kappa shape index (κ3) is 15.7. The van der Waals surface area contributed by atoms with Crippen LogP contribution in [-0.4, -0.2) is 171 Å². The molecule has 0 aliphatic carbocycles. The number of H-pyrrole nitrogens is 1. The van der Waals surface area contributed by atoms with Crippen molar-refractivity contribution in [3.8, 4) is 16.9 Å². The number of carbonyl (C=O) groups excluding carboxylic acids is 4. The number of pyridine rings is 1. The lowest BCUT2D eigenvalue weighted by atomic mass is 9.95. The number of hydrogen-bond acceptors (Lipinski definition) is 14. The number of aromatic amines is 1. The first-order valence-electron chi connectivity index (χ1n) is 25.9. The lowest BCUT2D eigenvalue weighted by Crippen LogP contribution is -2.55. The van der Waals surface area contributed by atoms with E-state index in [1.807, 2.05) is 13.0 Å². The summed E-state index contributed by atoms with van der Waals surface area (Å²) in [5, 5.41) is 13.7. The van der Waals surface area contributed by atoms with E-state index in [4.69, 9.17) is 0 Å². The lowest BCUT2D eigenvalue weighted by Gasteiger charge is -2.40. The molecule has 0 saturated carbocycles. The van der Waals surface area contributed by atoms with Crippen molar-refractivity contribution in [2.75, 3.05) is 90.4 Å². The van der Waals surface area contributed by atoms with Crippen molar-refractivity contribution in [3.63, 3.8) is 0 Å². The summed E-state index contributed by atoms with van der Waals surface area (Å²) in [7, 11) is 0. The zero-order valence-corrected chi connectivity index (χ0v) is 43.6. The maximum absolute atomic E-state index is 15.1. The molecule has 4 amide bonds. The number of ether oxygens (including phenoxy) is 1. The number of amides is 4. The monoisotopic (exact) mass is 1090 g/mol. The Balaban J connectivity index is 0.00000157. The van der Waals surface area contributed by atoms with Crippen LogP contribution in [0.4, 0.5) is 23.2 Å². The molecule has 79 heavy (non-hydrogen) atoms. The largest absolute Gasteiger partial charge is 0.573 e. The summed E-state index contributed by atoms with van der Waals surface area (Å²) in [6, 6.07) is 20.1. The molecule has 3 aliphatic rings. The Kier molecular flexibility index (Phi) is 19.3. The van der Waals surface area contributed by atoms with Gasteiger partial charge in [0, 0.05) is 121 Å². The standard InChI is InChI=1S/C52H54F4N12O6.C4H7N/c53-43-9-8-35(25-44-40-6-1-2-7-41(40)49(71)63-62-44)24-42(43)50(72)68-22-20-66(21-23-68)47(70)32-65-18-16-64(17-19-65)31-34-11-14-67(15-12-34)51(73)48-45(61-46(69)30-58-29-38-10-13-57-33-60-38)27-37(28-59-48)36-4-3-5-39(26-36)74-52(54,55)56;1-3-5-4-2/h1-10,13,24,26-28,33-34,58H,11-12,14-23,25,29-32H2,(H,61,69)(H,63,71);3-4H,1H2,2H3. The van der Waals surface area contributed by atoms with Gasteiger partial charge in [0.15, 0.2) is 5.69 Å². The highest BCUT2D eigenvalue weighted by Gasteiger charge is 2.33. The number of aliphatic imine (C=N–C) groups is 1. The smallest absolute Gasteiger partial charge is 0.406 e. The number of anilines is 1. The van der Waals surface area contributed by atoms with Crippen molar-refractivity contribution >= 4 is 46.3 Å². The Hall–Kier alpha value is -8.28. The number of fused-ring (bicyclic) bond motifs is 1. The predicted molar refractivity (Wildman–Crippen MR) is 289 cm³/mol. The average molecular weight is 1090 g/mol. The Labute approximate surface area is 453 Å². The van der Waals surface area contributed by atoms with Crippen LogP contribution < -0.4 is 20.9 Å². The molecule has 3 aromatic heterocycles. The summed E-state index contributed by atoms with van der Waals surface area (Å²) in [6.45, 7) is 11.5. The number of hydrogen-bond donors (Lipinski definition) is 3. The number of piperazine rings is 2. The fourth-order valence-corrected chi connectivity index (χ4v) is 9.72. The van der Waals surface area contributed by atoms with Gasteiger partial charge < -0.3 is 35.0 Å². The number of nitrogens with one attached hydrogen (secondary N) is 3. The van der Waals surface area contributed by atoms with Gasteiger partial charge in [-0.1, -0.05) is 43.0 Å². The van der Waals surface area contributed by atoms with E-state index in [-0.39, 0.29) is 73.5 Å². The van der Waals surface area contributed by atoms with Gasteiger partial charge in [-0.25, -0.2) is 24.4 Å². The van der Waals surface area contributed by atoms with Crippen molar-refractivity contribution < 1.29 is 41.5 Å². The molecule has 3 aromatic carbocycles. The number of piperidine rings is 1. The molecule has 3 fully saturated rings. The number of carbonyl (C=O) groups is 4. The molecule has 23 heteroatoms. The van der Waals surface area contributed by atoms with E-state index in [0.29, 0.717) is 84.0 Å². The second kappa shape index (κ2) is 26.9. The van der Waals surface area contributed by atoms with E-state index in [1.165, 1.54) is 55.1 Å². The van der Waals surface area contributed by atoms with Gasteiger partial charge in [-0.2, -0.15) is 5.10 Å². The zero-order valence-electron chi connectivity index (χ0n) is 43.6. The molecule has 0 atom stereocenters. The van der Waals surface area contributed by atoms with Crippen molar-refractivity contribution in [2.45, 2.75) is 39.1 Å². The van der Waals surface area contributed by atoms with E-state index in [1.54, 1.807) is 63.5 Å². The minimum atomic E-state index is -4.89. The minimum Gasteiger partial charge on any atom is -0.406 e. The maximum atomic E-state index is 15.1. The molecule has 19 nitrogen and oxygen atoms in total. The van der Waals surface area contributed by atoms with Gasteiger partial charge in [-0.3, -0.25) is 33.9 Å². The summed E-state index contributed by atoms with van der Waals surface area (Å²) >= 11 is 0. The van der Waals surface area contributed by atoms with Crippen LogP contribution in [0.5, 0.6) is 5.75 Å². The van der Waals surface area contributed by atoms with Crippen molar-refractivity contribution in [1.29, 1.82) is 0 Å². The summed E-state index contributed by atoms with van der Waals surface area (Å²) < 4.78 is 58.3. The third-order valence-electron chi connectivity index (χ3n) is 13.8. The number of halogens is 4. The number of alkyl halides is 3. The van der Waals surface area contributed by atoms with Gasteiger partial charge in [0.1, 0.15) is 17.9 Å². The topological polar surface area (TPSA) is 215 Å². The molecule has 414 valence electrons. The molecule has 0 bridgehead atoms. The summed E-state index contributed by atoms with van der Waals surface area (Å²) in [5.41, 5.74) is 2.39. The van der Waals surface area contributed by atoms with E-state index in [0.717, 1.165) is 32.5 Å².